The molecule has 0 bridgehead atoms. The summed E-state index contributed by atoms with van der Waals surface area (Å²) in [6.07, 6.45) is 4.92. The second kappa shape index (κ2) is 6.28. The van der Waals surface area contributed by atoms with Gasteiger partial charge in [-0.15, -0.1) is 0 Å². The van der Waals surface area contributed by atoms with Gasteiger partial charge in [0.2, 0.25) is 0 Å². The van der Waals surface area contributed by atoms with Gasteiger partial charge in [-0.05, 0) is 38.8 Å². The standard InChI is InChI=1S/C14H20N4OS/c1-9-4-3-5-10(2)18(9)17-14(19)12-7-6-11(8-16-12)13(15)20/h6-10H,3-5H2,1-2H3,(H2,15,20)(H,17,19). The van der Waals surface area contributed by atoms with E-state index in [0.29, 0.717) is 23.3 Å². The van der Waals surface area contributed by atoms with Crippen LogP contribution in [0.25, 0.3) is 0 Å². The molecule has 108 valence electrons. The third-order valence-electron chi connectivity index (χ3n) is 3.70. The smallest absolute Gasteiger partial charge is 0.284 e. The molecule has 1 amide bonds. The number of aromatic nitrogens is 1. The summed E-state index contributed by atoms with van der Waals surface area (Å²) in [6.45, 7) is 4.25. The van der Waals surface area contributed by atoms with Crippen molar-refractivity contribution in [2.24, 2.45) is 5.73 Å². The minimum atomic E-state index is -0.194. The molecular formula is C14H20N4OS. The lowest BCUT2D eigenvalue weighted by Crippen LogP contribution is -2.54. The van der Waals surface area contributed by atoms with E-state index in [1.165, 1.54) is 12.6 Å². The minimum absolute atomic E-state index is 0.194. The molecule has 0 saturated carbocycles. The van der Waals surface area contributed by atoms with Gasteiger partial charge < -0.3 is 5.73 Å². The highest BCUT2D eigenvalue weighted by Gasteiger charge is 2.26. The molecule has 3 N–H and O–H groups in total. The number of hydrogen-bond donors (Lipinski definition) is 2. The van der Waals surface area contributed by atoms with Gasteiger partial charge >= 0.3 is 0 Å². The molecule has 1 fully saturated rings. The van der Waals surface area contributed by atoms with Crippen molar-refractivity contribution in [2.45, 2.75) is 45.2 Å². The highest BCUT2D eigenvalue weighted by atomic mass is 32.1. The van der Waals surface area contributed by atoms with Crippen molar-refractivity contribution in [1.29, 1.82) is 0 Å². The molecule has 0 aromatic carbocycles. The number of amides is 1. The summed E-state index contributed by atoms with van der Waals surface area (Å²) in [5, 5.41) is 2.02. The van der Waals surface area contributed by atoms with Crippen LogP contribution in [-0.4, -0.2) is 33.0 Å². The fourth-order valence-corrected chi connectivity index (χ4v) is 2.61. The lowest BCUT2D eigenvalue weighted by atomic mass is 10.00. The average molecular weight is 292 g/mol. The third kappa shape index (κ3) is 3.32. The lowest BCUT2D eigenvalue weighted by molar-refractivity contribution is 0.0366. The Balaban J connectivity index is 2.05. The first-order valence-corrected chi connectivity index (χ1v) is 7.25. The van der Waals surface area contributed by atoms with Crippen molar-refractivity contribution < 1.29 is 4.79 Å². The molecule has 1 saturated heterocycles. The molecule has 2 rings (SSSR count). The second-order valence-electron chi connectivity index (χ2n) is 5.27. The Kier molecular flexibility index (Phi) is 4.67. The molecule has 1 aromatic heterocycles. The van der Waals surface area contributed by atoms with Gasteiger partial charge in [-0.3, -0.25) is 15.2 Å². The zero-order valence-electron chi connectivity index (χ0n) is 11.8. The van der Waals surface area contributed by atoms with E-state index in [9.17, 15) is 4.79 Å². The molecule has 2 atom stereocenters. The molecule has 1 aromatic rings. The number of hydrazine groups is 1. The number of piperidine rings is 1. The van der Waals surface area contributed by atoms with Crippen molar-refractivity contribution >= 4 is 23.1 Å². The molecule has 5 nitrogen and oxygen atoms in total. The highest BCUT2D eigenvalue weighted by Crippen LogP contribution is 2.20. The molecule has 6 heteroatoms. The molecule has 0 aliphatic carbocycles. The molecule has 2 heterocycles. The van der Waals surface area contributed by atoms with E-state index in [1.807, 2.05) is 5.01 Å². The van der Waals surface area contributed by atoms with Crippen LogP contribution in [0.5, 0.6) is 0 Å². The molecule has 20 heavy (non-hydrogen) atoms. The highest BCUT2D eigenvalue weighted by molar-refractivity contribution is 7.80. The van der Waals surface area contributed by atoms with Gasteiger partial charge in [0.15, 0.2) is 0 Å². The Morgan fingerprint density at radius 1 is 1.40 bits per heavy atom. The predicted molar refractivity (Wildman–Crippen MR) is 82.2 cm³/mol. The van der Waals surface area contributed by atoms with Gasteiger partial charge in [0.05, 0.1) is 0 Å². The summed E-state index contributed by atoms with van der Waals surface area (Å²) in [5.74, 6) is -0.194. The first-order chi connectivity index (χ1) is 9.49. The Hall–Kier alpha value is -1.53. The summed E-state index contributed by atoms with van der Waals surface area (Å²) < 4.78 is 0. The number of nitrogens with two attached hydrogens (primary N) is 1. The molecule has 0 spiro atoms. The molecular weight excluding hydrogens is 272 g/mol. The number of rotatable bonds is 3. The Labute approximate surface area is 124 Å². The Morgan fingerprint density at radius 3 is 2.55 bits per heavy atom. The van der Waals surface area contributed by atoms with E-state index >= 15 is 0 Å². The fourth-order valence-electron chi connectivity index (χ4n) is 2.49. The van der Waals surface area contributed by atoms with Crippen LogP contribution >= 0.6 is 12.2 Å². The zero-order chi connectivity index (χ0) is 14.7. The van der Waals surface area contributed by atoms with Crippen LogP contribution in [0.1, 0.15) is 49.2 Å². The summed E-state index contributed by atoms with van der Waals surface area (Å²) in [7, 11) is 0. The average Bonchev–Trinajstić information content (AvgIpc) is 2.43. The third-order valence-corrected chi connectivity index (χ3v) is 3.94. The van der Waals surface area contributed by atoms with E-state index in [1.54, 1.807) is 12.1 Å². The maximum atomic E-state index is 12.2. The summed E-state index contributed by atoms with van der Waals surface area (Å²) in [6, 6.07) is 4.05. The molecule has 1 aliphatic heterocycles. The number of nitrogens with zero attached hydrogens (tertiary/aromatic N) is 2. The van der Waals surface area contributed by atoms with Crippen LogP contribution in [0.2, 0.25) is 0 Å². The van der Waals surface area contributed by atoms with Gasteiger partial charge in [-0.25, -0.2) is 5.01 Å². The van der Waals surface area contributed by atoms with Gasteiger partial charge in [-0.2, -0.15) is 0 Å². The van der Waals surface area contributed by atoms with Crippen molar-refractivity contribution in [1.82, 2.24) is 15.4 Å². The number of thiocarbonyl (C=S) groups is 1. The molecule has 1 aliphatic rings. The maximum Gasteiger partial charge on any atom is 0.284 e. The summed E-state index contributed by atoms with van der Waals surface area (Å²) >= 11 is 4.86. The van der Waals surface area contributed by atoms with E-state index in [4.69, 9.17) is 18.0 Å². The van der Waals surface area contributed by atoms with Crippen LogP contribution in [0, 0.1) is 0 Å². The lowest BCUT2D eigenvalue weighted by Gasteiger charge is -2.38. The first kappa shape index (κ1) is 14.9. The van der Waals surface area contributed by atoms with E-state index in [2.05, 4.69) is 24.3 Å². The van der Waals surface area contributed by atoms with E-state index < -0.39 is 0 Å². The number of carbonyl (C=O) groups excluding carboxylic acids is 1. The summed E-state index contributed by atoms with van der Waals surface area (Å²) in [5.41, 5.74) is 9.49. The number of nitrogens with one attached hydrogen (secondary N) is 1. The number of hydrogen-bond acceptors (Lipinski definition) is 4. The second-order valence-corrected chi connectivity index (χ2v) is 5.71. The van der Waals surface area contributed by atoms with Gasteiger partial charge in [0, 0.05) is 23.8 Å². The van der Waals surface area contributed by atoms with Crippen molar-refractivity contribution in [3.8, 4) is 0 Å². The predicted octanol–water partition coefficient (Wildman–Crippen LogP) is 1.62. The van der Waals surface area contributed by atoms with E-state index in [0.717, 1.165) is 12.8 Å². The quantitative estimate of drug-likeness (QED) is 0.828. The van der Waals surface area contributed by atoms with Crippen LogP contribution in [0.15, 0.2) is 18.3 Å². The van der Waals surface area contributed by atoms with Gasteiger partial charge in [0.25, 0.3) is 5.91 Å². The Bertz CT molecular complexity index is 492. The maximum absolute atomic E-state index is 12.2. The zero-order valence-corrected chi connectivity index (χ0v) is 12.6. The first-order valence-electron chi connectivity index (χ1n) is 6.84. The number of carbonyl (C=O) groups is 1. The largest absolute Gasteiger partial charge is 0.389 e. The van der Waals surface area contributed by atoms with Crippen LogP contribution in [-0.2, 0) is 0 Å². The van der Waals surface area contributed by atoms with Crippen molar-refractivity contribution in [2.75, 3.05) is 0 Å². The topological polar surface area (TPSA) is 71.2 Å². The SMILES string of the molecule is CC1CCCC(C)N1NC(=O)c1ccc(C(N)=S)cn1. The van der Waals surface area contributed by atoms with Gasteiger partial charge in [-0.1, -0.05) is 18.6 Å². The van der Waals surface area contributed by atoms with Crippen molar-refractivity contribution in [3.05, 3.63) is 29.6 Å². The fraction of sp³-hybridized carbons (Fsp3) is 0.500. The van der Waals surface area contributed by atoms with E-state index in [-0.39, 0.29) is 10.9 Å². The monoisotopic (exact) mass is 292 g/mol. The van der Waals surface area contributed by atoms with Crippen molar-refractivity contribution in [3.63, 3.8) is 0 Å². The minimum Gasteiger partial charge on any atom is -0.389 e. The van der Waals surface area contributed by atoms with Crippen LogP contribution < -0.4 is 11.2 Å². The Morgan fingerprint density at radius 2 is 2.05 bits per heavy atom. The van der Waals surface area contributed by atoms with Crippen LogP contribution in [0.4, 0.5) is 0 Å². The number of pyridine rings is 1. The molecule has 0 radical (unpaired) electrons. The normalized spacial score (nSPS) is 23.3. The van der Waals surface area contributed by atoms with Crippen LogP contribution in [0.3, 0.4) is 0 Å². The van der Waals surface area contributed by atoms with Gasteiger partial charge in [0.1, 0.15) is 10.7 Å². The molecule has 2 unspecified atom stereocenters. The summed E-state index contributed by atoms with van der Waals surface area (Å²) in [4.78, 5) is 16.6.